The van der Waals surface area contributed by atoms with Crippen molar-refractivity contribution in [2.24, 2.45) is 7.05 Å². The molecule has 0 atom stereocenters. The van der Waals surface area contributed by atoms with Crippen LogP contribution in [0.15, 0.2) is 17.8 Å². The Morgan fingerprint density at radius 3 is 2.88 bits per heavy atom. The van der Waals surface area contributed by atoms with Crippen molar-refractivity contribution in [3.63, 3.8) is 0 Å². The van der Waals surface area contributed by atoms with Gasteiger partial charge < -0.3 is 4.57 Å². The molecule has 0 aliphatic rings. The van der Waals surface area contributed by atoms with E-state index in [1.807, 2.05) is 29.4 Å². The second-order valence-corrected chi connectivity index (χ2v) is 5.20. The average molecular weight is 271 g/mol. The van der Waals surface area contributed by atoms with Crippen LogP contribution in [0.5, 0.6) is 0 Å². The monoisotopic (exact) mass is 270 g/mol. The molecule has 0 spiro atoms. The zero-order chi connectivity index (χ0) is 12.3. The molecule has 0 unspecified atom stereocenters. The Bertz CT molecular complexity index is 479. The minimum Gasteiger partial charge on any atom is -0.337 e. The fourth-order valence-corrected chi connectivity index (χ4v) is 2.66. The van der Waals surface area contributed by atoms with E-state index >= 15 is 0 Å². The molecule has 6 heteroatoms. The van der Waals surface area contributed by atoms with Gasteiger partial charge in [-0.25, -0.2) is 9.97 Å². The van der Waals surface area contributed by atoms with Crippen molar-refractivity contribution in [2.45, 2.75) is 19.0 Å². The van der Waals surface area contributed by atoms with E-state index in [-0.39, 0.29) is 0 Å². The molecule has 0 saturated carbocycles. The maximum atomic E-state index is 5.73. The van der Waals surface area contributed by atoms with E-state index in [2.05, 4.69) is 21.9 Å². The molecule has 92 valence electrons. The van der Waals surface area contributed by atoms with Gasteiger partial charge in [0.05, 0.1) is 24.7 Å². The lowest BCUT2D eigenvalue weighted by Gasteiger charge is -2.14. The predicted octanol–water partition coefficient (Wildman–Crippen LogP) is 2.25. The van der Waals surface area contributed by atoms with Crippen LogP contribution >= 0.6 is 22.9 Å². The highest BCUT2D eigenvalue weighted by Crippen LogP contribution is 2.14. The number of halogens is 1. The number of hydrogen-bond donors (Lipinski definition) is 0. The third kappa shape index (κ3) is 3.28. The predicted molar refractivity (Wildman–Crippen MR) is 70.1 cm³/mol. The molecule has 2 aromatic heterocycles. The Morgan fingerprint density at radius 1 is 1.47 bits per heavy atom. The maximum Gasteiger partial charge on any atom is 0.122 e. The van der Waals surface area contributed by atoms with Crippen molar-refractivity contribution in [3.05, 3.63) is 34.3 Å². The molecule has 0 aliphatic carbocycles. The Balaban J connectivity index is 1.93. The molecule has 2 heterocycles. The summed E-state index contributed by atoms with van der Waals surface area (Å²) >= 11 is 7.38. The van der Waals surface area contributed by atoms with E-state index in [1.165, 1.54) is 0 Å². The number of aryl methyl sites for hydroxylation is 1. The maximum absolute atomic E-state index is 5.73. The van der Waals surface area contributed by atoms with E-state index in [9.17, 15) is 0 Å². The highest BCUT2D eigenvalue weighted by Gasteiger charge is 2.08. The van der Waals surface area contributed by atoms with Crippen molar-refractivity contribution in [2.75, 3.05) is 7.05 Å². The first-order valence-electron chi connectivity index (χ1n) is 5.33. The first-order valence-corrected chi connectivity index (χ1v) is 6.74. The number of hydrogen-bond acceptors (Lipinski definition) is 4. The van der Waals surface area contributed by atoms with Gasteiger partial charge in [-0.3, -0.25) is 4.90 Å². The molecule has 0 aliphatic heterocycles. The summed E-state index contributed by atoms with van der Waals surface area (Å²) < 4.78 is 2.03. The highest BCUT2D eigenvalue weighted by molar-refractivity contribution is 7.09. The summed E-state index contributed by atoms with van der Waals surface area (Å²) in [6, 6.07) is 0. The van der Waals surface area contributed by atoms with Gasteiger partial charge in [0.25, 0.3) is 0 Å². The average Bonchev–Trinajstić information content (AvgIpc) is 2.89. The lowest BCUT2D eigenvalue weighted by Crippen LogP contribution is -2.19. The molecule has 0 bridgehead atoms. The minimum atomic E-state index is 0.486. The van der Waals surface area contributed by atoms with Crippen LogP contribution in [0, 0.1) is 0 Å². The summed E-state index contributed by atoms with van der Waals surface area (Å²) in [4.78, 5) is 10.9. The van der Waals surface area contributed by atoms with Crippen molar-refractivity contribution >= 4 is 22.9 Å². The van der Waals surface area contributed by atoms with Gasteiger partial charge >= 0.3 is 0 Å². The Labute approximate surface area is 110 Å². The quantitative estimate of drug-likeness (QED) is 0.782. The second-order valence-electron chi connectivity index (χ2n) is 3.99. The van der Waals surface area contributed by atoms with Crippen LogP contribution in [0.2, 0.25) is 0 Å². The van der Waals surface area contributed by atoms with E-state index in [4.69, 9.17) is 11.6 Å². The summed E-state index contributed by atoms with van der Waals surface area (Å²) in [6.45, 7) is 1.65. The first kappa shape index (κ1) is 12.5. The van der Waals surface area contributed by atoms with Gasteiger partial charge in [-0.1, -0.05) is 0 Å². The van der Waals surface area contributed by atoms with Gasteiger partial charge in [-0.05, 0) is 7.05 Å². The van der Waals surface area contributed by atoms with Gasteiger partial charge in [-0.2, -0.15) is 0 Å². The van der Waals surface area contributed by atoms with Gasteiger partial charge in [0.1, 0.15) is 10.8 Å². The molecule has 17 heavy (non-hydrogen) atoms. The lowest BCUT2D eigenvalue weighted by molar-refractivity contribution is 0.306. The third-order valence-electron chi connectivity index (χ3n) is 2.47. The SMILES string of the molecule is CN(Cc1nc(CCl)cs1)Cc1nccn1C. The molecule has 2 aromatic rings. The van der Waals surface area contributed by atoms with Gasteiger partial charge in [0, 0.05) is 24.8 Å². The van der Waals surface area contributed by atoms with Gasteiger partial charge in [0.15, 0.2) is 0 Å². The van der Waals surface area contributed by atoms with Crippen LogP contribution in [-0.4, -0.2) is 26.5 Å². The Hall–Kier alpha value is -0.910. The van der Waals surface area contributed by atoms with E-state index in [1.54, 1.807) is 11.3 Å². The summed E-state index contributed by atoms with van der Waals surface area (Å²) in [5.41, 5.74) is 0.956. The zero-order valence-corrected chi connectivity index (χ0v) is 11.5. The zero-order valence-electron chi connectivity index (χ0n) is 9.93. The van der Waals surface area contributed by atoms with Crippen LogP contribution in [-0.2, 0) is 26.0 Å². The van der Waals surface area contributed by atoms with Crippen LogP contribution in [0.4, 0.5) is 0 Å². The molecule has 0 N–H and O–H groups in total. The summed E-state index contributed by atoms with van der Waals surface area (Å²) in [6.07, 6.45) is 3.77. The number of rotatable bonds is 5. The summed E-state index contributed by atoms with van der Waals surface area (Å²) in [5, 5.41) is 3.11. The van der Waals surface area contributed by atoms with Gasteiger partial charge in [0.2, 0.25) is 0 Å². The fourth-order valence-electron chi connectivity index (χ4n) is 1.56. The molecule has 0 aromatic carbocycles. The van der Waals surface area contributed by atoms with Crippen LogP contribution < -0.4 is 0 Å². The Kier molecular flexibility index (Phi) is 4.15. The normalized spacial score (nSPS) is 11.3. The number of aromatic nitrogens is 3. The number of imidazole rings is 1. The topological polar surface area (TPSA) is 34.0 Å². The lowest BCUT2D eigenvalue weighted by atomic mass is 10.5. The summed E-state index contributed by atoms with van der Waals surface area (Å²) in [7, 11) is 4.07. The van der Waals surface area contributed by atoms with Gasteiger partial charge in [-0.15, -0.1) is 22.9 Å². The number of thiazole rings is 1. The van der Waals surface area contributed by atoms with Crippen molar-refractivity contribution in [1.82, 2.24) is 19.4 Å². The van der Waals surface area contributed by atoms with Crippen LogP contribution in [0.3, 0.4) is 0 Å². The molecule has 0 amide bonds. The molecule has 0 fully saturated rings. The summed E-state index contributed by atoms with van der Waals surface area (Å²) in [5.74, 6) is 1.54. The second kappa shape index (κ2) is 5.62. The number of alkyl halides is 1. The van der Waals surface area contributed by atoms with Crippen molar-refractivity contribution < 1.29 is 0 Å². The van der Waals surface area contributed by atoms with Crippen LogP contribution in [0.25, 0.3) is 0 Å². The first-order chi connectivity index (χ1) is 8.19. The van der Waals surface area contributed by atoms with Crippen molar-refractivity contribution in [1.29, 1.82) is 0 Å². The minimum absolute atomic E-state index is 0.486. The van der Waals surface area contributed by atoms with E-state index < -0.39 is 0 Å². The fraction of sp³-hybridized carbons (Fsp3) is 0.455. The van der Waals surface area contributed by atoms with Crippen LogP contribution in [0.1, 0.15) is 16.5 Å². The third-order valence-corrected chi connectivity index (χ3v) is 3.63. The largest absolute Gasteiger partial charge is 0.337 e. The van der Waals surface area contributed by atoms with Crippen molar-refractivity contribution in [3.8, 4) is 0 Å². The Morgan fingerprint density at radius 2 is 2.29 bits per heavy atom. The number of nitrogens with zero attached hydrogens (tertiary/aromatic N) is 4. The van der Waals surface area contributed by atoms with E-state index in [0.29, 0.717) is 5.88 Å². The molecule has 2 rings (SSSR count). The molecular weight excluding hydrogens is 256 g/mol. The molecular formula is C11H15ClN4S. The molecule has 4 nitrogen and oxygen atoms in total. The smallest absolute Gasteiger partial charge is 0.122 e. The highest BCUT2D eigenvalue weighted by atomic mass is 35.5. The molecule has 0 radical (unpaired) electrons. The van der Waals surface area contributed by atoms with E-state index in [0.717, 1.165) is 29.6 Å². The molecule has 0 saturated heterocycles. The standard InChI is InChI=1S/C11H15ClN4S/c1-15(6-10-13-3-4-16(10)2)7-11-14-9(5-12)8-17-11/h3-4,8H,5-7H2,1-2H3.